The molecule has 0 atom stereocenters. The van der Waals surface area contributed by atoms with Crippen LogP contribution in [-0.4, -0.2) is 50.2 Å². The number of carbonyl (C=O) groups excluding carboxylic acids is 1. The Kier molecular flexibility index (Phi) is 6.91. The van der Waals surface area contributed by atoms with Gasteiger partial charge in [-0.05, 0) is 32.1 Å². The second-order valence-corrected chi connectivity index (χ2v) is 7.36. The Labute approximate surface area is 121 Å². The van der Waals surface area contributed by atoms with E-state index in [4.69, 9.17) is 5.73 Å². The molecule has 1 aliphatic carbocycles. The molecule has 0 unspecified atom stereocenters. The molecule has 0 radical (unpaired) electrons. The molecule has 0 saturated heterocycles. The number of hydrogen-bond donors (Lipinski definition) is 1. The lowest BCUT2D eigenvalue weighted by molar-refractivity contribution is -0.140. The van der Waals surface area contributed by atoms with Gasteiger partial charge in [-0.2, -0.15) is 4.31 Å². The summed E-state index contributed by atoms with van der Waals surface area (Å²) >= 11 is 0. The number of rotatable bonds is 7. The molecule has 0 bridgehead atoms. The van der Waals surface area contributed by atoms with Crippen molar-refractivity contribution >= 4 is 16.0 Å². The summed E-state index contributed by atoms with van der Waals surface area (Å²) in [5, 5.41) is 0. The van der Waals surface area contributed by atoms with E-state index in [-0.39, 0.29) is 24.3 Å². The fraction of sp³-hybridized carbons (Fsp3) is 0.923. The van der Waals surface area contributed by atoms with Crippen LogP contribution in [0.1, 0.15) is 45.4 Å². The minimum Gasteiger partial charge on any atom is -0.469 e. The molecule has 1 aliphatic rings. The fourth-order valence-corrected chi connectivity index (χ4v) is 4.38. The highest BCUT2D eigenvalue weighted by atomic mass is 32.2. The highest BCUT2D eigenvalue weighted by Crippen LogP contribution is 2.25. The summed E-state index contributed by atoms with van der Waals surface area (Å²) in [4.78, 5) is 11.1. The number of carbonyl (C=O) groups is 1. The van der Waals surface area contributed by atoms with Gasteiger partial charge in [0.2, 0.25) is 10.0 Å². The molecule has 0 amide bonds. The summed E-state index contributed by atoms with van der Waals surface area (Å²) in [6.07, 6.45) is 4.00. The Hall–Kier alpha value is -0.660. The summed E-state index contributed by atoms with van der Waals surface area (Å²) in [6.45, 7) is 2.46. The van der Waals surface area contributed by atoms with Gasteiger partial charge in [-0.3, -0.25) is 4.79 Å². The molecule has 0 aromatic heterocycles. The third-order valence-electron chi connectivity index (χ3n) is 3.74. The van der Waals surface area contributed by atoms with E-state index in [1.165, 1.54) is 7.11 Å². The Bertz CT molecular complexity index is 403. The van der Waals surface area contributed by atoms with E-state index >= 15 is 0 Å². The van der Waals surface area contributed by atoms with E-state index in [2.05, 4.69) is 4.74 Å². The minimum atomic E-state index is -3.42. The first kappa shape index (κ1) is 17.4. The van der Waals surface area contributed by atoms with Crippen molar-refractivity contribution < 1.29 is 17.9 Å². The molecule has 1 saturated carbocycles. The van der Waals surface area contributed by atoms with Crippen molar-refractivity contribution in [1.29, 1.82) is 0 Å². The zero-order valence-electron chi connectivity index (χ0n) is 12.4. The maximum atomic E-state index is 12.4. The first-order chi connectivity index (χ1) is 9.40. The monoisotopic (exact) mass is 306 g/mol. The molecule has 1 rings (SSSR count). The number of esters is 1. The zero-order valence-corrected chi connectivity index (χ0v) is 13.2. The summed E-state index contributed by atoms with van der Waals surface area (Å²) in [5.74, 6) is -0.668. The molecule has 0 heterocycles. The number of sulfonamides is 1. The van der Waals surface area contributed by atoms with E-state index < -0.39 is 16.0 Å². The average molecular weight is 306 g/mol. The van der Waals surface area contributed by atoms with Crippen LogP contribution in [0.25, 0.3) is 0 Å². The van der Waals surface area contributed by atoms with Gasteiger partial charge in [0.15, 0.2) is 0 Å². The second kappa shape index (κ2) is 7.95. The molecule has 0 spiro atoms. The molecule has 6 nitrogen and oxygen atoms in total. The normalized spacial score (nSPS) is 23.8. The van der Waals surface area contributed by atoms with Crippen molar-refractivity contribution in [2.45, 2.75) is 57.5 Å². The van der Waals surface area contributed by atoms with Crippen molar-refractivity contribution in [3.05, 3.63) is 0 Å². The summed E-state index contributed by atoms with van der Waals surface area (Å²) in [6, 6.07) is 0.213. The van der Waals surface area contributed by atoms with Gasteiger partial charge in [0.25, 0.3) is 0 Å². The van der Waals surface area contributed by atoms with Crippen LogP contribution in [0.2, 0.25) is 0 Å². The number of ether oxygens (including phenoxy) is 1. The summed E-state index contributed by atoms with van der Waals surface area (Å²) in [5.41, 5.74) is 5.87. The van der Waals surface area contributed by atoms with Crippen molar-refractivity contribution in [3.8, 4) is 0 Å². The van der Waals surface area contributed by atoms with Crippen LogP contribution < -0.4 is 5.73 Å². The molecule has 118 valence electrons. The average Bonchev–Trinajstić information content (AvgIpc) is 2.43. The molecule has 0 aliphatic heterocycles. The van der Waals surface area contributed by atoms with Crippen LogP contribution in [0.15, 0.2) is 0 Å². The topological polar surface area (TPSA) is 89.7 Å². The maximum absolute atomic E-state index is 12.4. The summed E-state index contributed by atoms with van der Waals surface area (Å²) in [7, 11) is -2.15. The minimum absolute atomic E-state index is 0.0254. The third-order valence-corrected chi connectivity index (χ3v) is 5.66. The first-order valence-electron chi connectivity index (χ1n) is 7.22. The van der Waals surface area contributed by atoms with E-state index in [1.807, 2.05) is 6.92 Å². The Morgan fingerprint density at radius 1 is 1.30 bits per heavy atom. The van der Waals surface area contributed by atoms with E-state index in [0.29, 0.717) is 6.54 Å². The van der Waals surface area contributed by atoms with Crippen LogP contribution >= 0.6 is 0 Å². The van der Waals surface area contributed by atoms with Gasteiger partial charge in [0, 0.05) is 18.6 Å². The van der Waals surface area contributed by atoms with Gasteiger partial charge in [-0.1, -0.05) is 6.92 Å². The zero-order chi connectivity index (χ0) is 15.2. The van der Waals surface area contributed by atoms with Gasteiger partial charge < -0.3 is 10.5 Å². The van der Waals surface area contributed by atoms with E-state index in [9.17, 15) is 13.2 Å². The number of nitrogens with zero attached hydrogens (tertiary/aromatic N) is 1. The van der Waals surface area contributed by atoms with Crippen molar-refractivity contribution in [3.63, 3.8) is 0 Å². The maximum Gasteiger partial charge on any atom is 0.306 e. The van der Waals surface area contributed by atoms with E-state index in [0.717, 1.165) is 32.1 Å². The fourth-order valence-electron chi connectivity index (χ4n) is 2.59. The predicted molar refractivity (Wildman–Crippen MR) is 77.6 cm³/mol. The highest BCUT2D eigenvalue weighted by molar-refractivity contribution is 7.89. The first-order valence-corrected chi connectivity index (χ1v) is 8.83. The summed E-state index contributed by atoms with van der Waals surface area (Å²) < 4.78 is 30.9. The van der Waals surface area contributed by atoms with Crippen LogP contribution in [0.5, 0.6) is 0 Å². The molecular formula is C13H26N2O4S. The quantitative estimate of drug-likeness (QED) is 0.705. The van der Waals surface area contributed by atoms with Crippen LogP contribution in [0.3, 0.4) is 0 Å². The van der Waals surface area contributed by atoms with Crippen molar-refractivity contribution in [2.24, 2.45) is 5.73 Å². The molecule has 0 aromatic carbocycles. The lowest BCUT2D eigenvalue weighted by Gasteiger charge is -2.35. The van der Waals surface area contributed by atoms with Gasteiger partial charge >= 0.3 is 5.97 Å². The number of nitrogens with two attached hydrogens (primary N) is 1. The van der Waals surface area contributed by atoms with Crippen molar-refractivity contribution in [1.82, 2.24) is 4.31 Å². The lowest BCUT2D eigenvalue weighted by atomic mass is 9.92. The Morgan fingerprint density at radius 2 is 1.90 bits per heavy atom. The smallest absolute Gasteiger partial charge is 0.306 e. The van der Waals surface area contributed by atoms with Gasteiger partial charge in [-0.25, -0.2) is 8.42 Å². The van der Waals surface area contributed by atoms with Crippen LogP contribution in [0, 0.1) is 0 Å². The van der Waals surface area contributed by atoms with Gasteiger partial charge in [-0.15, -0.1) is 0 Å². The standard InChI is InChI=1S/C13H26N2O4S/c1-3-9-15(12-6-4-11(14)5-7-12)20(17,18)10-8-13(16)19-2/h11-12H,3-10,14H2,1-2H3. The SMILES string of the molecule is CCCN(C1CCC(N)CC1)S(=O)(=O)CCC(=O)OC. The molecule has 1 fully saturated rings. The van der Waals surface area contributed by atoms with Crippen molar-refractivity contribution in [2.75, 3.05) is 19.4 Å². The third kappa shape index (κ3) is 5.03. The highest BCUT2D eigenvalue weighted by Gasteiger charge is 2.32. The largest absolute Gasteiger partial charge is 0.469 e. The van der Waals surface area contributed by atoms with Gasteiger partial charge in [0.05, 0.1) is 19.3 Å². The molecular weight excluding hydrogens is 280 g/mol. The van der Waals surface area contributed by atoms with E-state index in [1.54, 1.807) is 4.31 Å². The molecule has 0 aromatic rings. The second-order valence-electron chi connectivity index (χ2n) is 5.32. The van der Waals surface area contributed by atoms with Crippen LogP contribution in [-0.2, 0) is 19.6 Å². The number of hydrogen-bond acceptors (Lipinski definition) is 5. The van der Waals surface area contributed by atoms with Gasteiger partial charge in [0.1, 0.15) is 0 Å². The Balaban J connectivity index is 2.70. The molecule has 2 N–H and O–H groups in total. The number of methoxy groups -OCH3 is 1. The Morgan fingerprint density at radius 3 is 2.40 bits per heavy atom. The molecule has 20 heavy (non-hydrogen) atoms. The molecule has 7 heteroatoms. The lowest BCUT2D eigenvalue weighted by Crippen LogP contribution is -2.45. The predicted octanol–water partition coefficient (Wildman–Crippen LogP) is 0.861. The van der Waals surface area contributed by atoms with Crippen LogP contribution in [0.4, 0.5) is 0 Å².